The minimum absolute atomic E-state index is 0.0153. The van der Waals surface area contributed by atoms with E-state index in [9.17, 15) is 14.4 Å². The van der Waals surface area contributed by atoms with E-state index >= 15 is 0 Å². The van der Waals surface area contributed by atoms with Crippen molar-refractivity contribution in [3.05, 3.63) is 127 Å². The number of halogens is 5. The van der Waals surface area contributed by atoms with Crippen LogP contribution >= 0.6 is 62.3 Å². The standard InChI is InChI=1S/C23H24Cl2N2O3.C17H22BNO3.C8H7BrCl2/c1-13-12-27(14(2)28)21-7-6-15(8-17(13)21)9-18-19(24)10-16(11-20(18)25)26-22(29)30-23(3,4)5;1-11-10-19(12(2)20)15-8-7-13(9-14(11)15)18-21-16(3,4)17(5,6)22-18;1-5-2-7(10)6(4-9)8(11)3-5/h6-8,10-12H,9H2,1-5H3,(H,26,29);7-10H,1-6H3;2-3H,4H2,1H3. The van der Waals surface area contributed by atoms with Crippen LogP contribution in [0.3, 0.4) is 0 Å². The second-order valence-corrected chi connectivity index (χ2v) is 19.9. The zero-order chi connectivity index (χ0) is 46.9. The summed E-state index contributed by atoms with van der Waals surface area (Å²) >= 11 is 28.1. The molecule has 1 N–H and O–H groups in total. The van der Waals surface area contributed by atoms with Gasteiger partial charge in [0.25, 0.3) is 0 Å². The Hall–Kier alpha value is -3.81. The molecular weight excluding hydrogens is 947 g/mol. The van der Waals surface area contributed by atoms with Crippen molar-refractivity contribution in [1.29, 1.82) is 0 Å². The van der Waals surface area contributed by atoms with Gasteiger partial charge in [-0.3, -0.25) is 24.0 Å². The van der Waals surface area contributed by atoms with Crippen LogP contribution in [0.5, 0.6) is 0 Å². The molecule has 1 saturated heterocycles. The number of fused-ring (bicyclic) bond motifs is 2. The molecule has 0 atom stereocenters. The maximum Gasteiger partial charge on any atom is 0.494 e. The van der Waals surface area contributed by atoms with Crippen LogP contribution in [-0.4, -0.2) is 51.0 Å². The highest BCUT2D eigenvalue weighted by Crippen LogP contribution is 2.37. The second-order valence-electron chi connectivity index (χ2n) is 17.7. The van der Waals surface area contributed by atoms with E-state index in [0.29, 0.717) is 27.5 Å². The summed E-state index contributed by atoms with van der Waals surface area (Å²) in [4.78, 5) is 35.5. The maximum absolute atomic E-state index is 12.0. The van der Waals surface area contributed by atoms with Crippen LogP contribution in [0.15, 0.2) is 73.1 Å². The molecule has 63 heavy (non-hydrogen) atoms. The third-order valence-corrected chi connectivity index (χ3v) is 12.8. The van der Waals surface area contributed by atoms with E-state index in [4.69, 9.17) is 60.4 Å². The van der Waals surface area contributed by atoms with Gasteiger partial charge in [0.05, 0.1) is 22.2 Å². The molecule has 0 aliphatic carbocycles. The number of alkyl halides is 1. The van der Waals surface area contributed by atoms with Crippen molar-refractivity contribution in [1.82, 2.24) is 9.13 Å². The van der Waals surface area contributed by atoms with Crippen LogP contribution < -0.4 is 10.8 Å². The van der Waals surface area contributed by atoms with Gasteiger partial charge in [0.1, 0.15) is 5.60 Å². The summed E-state index contributed by atoms with van der Waals surface area (Å²) in [5.74, 6) is -0.0125. The highest BCUT2D eigenvalue weighted by molar-refractivity contribution is 9.08. The first-order valence-electron chi connectivity index (χ1n) is 20.3. The van der Waals surface area contributed by atoms with Gasteiger partial charge in [-0.25, -0.2) is 4.79 Å². The maximum atomic E-state index is 12.0. The Morgan fingerprint density at radius 1 is 0.714 bits per heavy atom. The minimum Gasteiger partial charge on any atom is -0.444 e. The molecule has 9 nitrogen and oxygen atoms in total. The smallest absolute Gasteiger partial charge is 0.444 e. The molecule has 15 heteroatoms. The molecule has 2 aromatic heterocycles. The van der Waals surface area contributed by atoms with Gasteiger partial charge < -0.3 is 14.0 Å². The number of hydrogen-bond acceptors (Lipinski definition) is 6. The second kappa shape index (κ2) is 19.7. The van der Waals surface area contributed by atoms with Gasteiger partial charge in [0, 0.05) is 74.5 Å². The Labute approximate surface area is 398 Å². The zero-order valence-corrected chi connectivity index (χ0v) is 42.3. The molecule has 4 aromatic carbocycles. The molecule has 0 saturated carbocycles. The van der Waals surface area contributed by atoms with Gasteiger partial charge >= 0.3 is 13.2 Å². The minimum atomic E-state index is -0.601. The van der Waals surface area contributed by atoms with Gasteiger partial charge in [-0.1, -0.05) is 80.5 Å². The van der Waals surface area contributed by atoms with Gasteiger partial charge in [-0.2, -0.15) is 0 Å². The summed E-state index contributed by atoms with van der Waals surface area (Å²) in [5.41, 5.74) is 7.85. The third-order valence-electron chi connectivity index (χ3n) is 10.9. The van der Waals surface area contributed by atoms with E-state index in [0.717, 1.165) is 70.7 Å². The highest BCUT2D eigenvalue weighted by atomic mass is 79.9. The third kappa shape index (κ3) is 11.9. The lowest BCUT2D eigenvalue weighted by atomic mass is 9.78. The van der Waals surface area contributed by atoms with Crippen LogP contribution in [0.2, 0.25) is 20.1 Å². The molecular formula is C48H53BBrCl4N3O6. The topological polar surface area (TPSA) is 101 Å². The quantitative estimate of drug-likeness (QED) is 0.136. The average molecular weight is 1000 g/mol. The lowest BCUT2D eigenvalue weighted by molar-refractivity contribution is 0.00578. The molecule has 1 aliphatic rings. The summed E-state index contributed by atoms with van der Waals surface area (Å²) < 4.78 is 20.8. The summed E-state index contributed by atoms with van der Waals surface area (Å²) in [5, 5.41) is 7.78. The van der Waals surface area contributed by atoms with E-state index in [1.54, 1.807) is 55.9 Å². The van der Waals surface area contributed by atoms with Crippen LogP contribution in [0.1, 0.15) is 105 Å². The molecule has 1 aliphatic heterocycles. The number of rotatable bonds is 5. The fraction of sp³-hybridized carbons (Fsp3) is 0.354. The Balaban J connectivity index is 0.000000197. The van der Waals surface area contributed by atoms with E-state index < -0.39 is 11.7 Å². The number of aromatic nitrogens is 2. The van der Waals surface area contributed by atoms with Crippen LogP contribution in [0, 0.1) is 20.8 Å². The Bertz CT molecular complexity index is 2660. The highest BCUT2D eigenvalue weighted by Gasteiger charge is 2.51. The average Bonchev–Trinajstić information content (AvgIpc) is 3.75. The fourth-order valence-corrected chi connectivity index (χ4v) is 9.22. The molecule has 0 unspecified atom stereocenters. The van der Waals surface area contributed by atoms with Crippen LogP contribution in [0.4, 0.5) is 10.5 Å². The number of carbonyl (C=O) groups is 3. The first-order valence-corrected chi connectivity index (χ1v) is 22.9. The molecule has 7 rings (SSSR count). The van der Waals surface area contributed by atoms with Gasteiger partial charge in [0.2, 0.25) is 11.8 Å². The van der Waals surface area contributed by atoms with Crippen LogP contribution in [0.25, 0.3) is 21.8 Å². The SMILES string of the molecule is CC(=O)n1cc(C)c2cc(B3OC(C)(C)C(C)(C)O3)ccc21.CC(=O)n1cc(C)c2cc(Cc3c(Cl)cc(NC(=O)OC(C)(C)C)cc3Cl)ccc21.Cc1cc(Cl)c(CBr)c(Cl)c1. The fourth-order valence-electron chi connectivity index (χ4n) is 6.94. The largest absolute Gasteiger partial charge is 0.494 e. The van der Waals surface area contributed by atoms with Crippen molar-refractivity contribution < 1.29 is 28.4 Å². The molecule has 1 fully saturated rings. The number of nitrogens with one attached hydrogen (secondary N) is 1. The van der Waals surface area contributed by atoms with Crippen molar-refractivity contribution in [2.75, 3.05) is 5.32 Å². The number of hydrogen-bond donors (Lipinski definition) is 1. The van der Waals surface area contributed by atoms with Gasteiger partial charge in [-0.05, 0) is 151 Å². The molecule has 3 heterocycles. The lowest BCUT2D eigenvalue weighted by Gasteiger charge is -2.32. The number of benzene rings is 4. The zero-order valence-electron chi connectivity index (χ0n) is 37.7. The van der Waals surface area contributed by atoms with Crippen molar-refractivity contribution in [3.63, 3.8) is 0 Å². The summed E-state index contributed by atoms with van der Waals surface area (Å²) in [7, 11) is -0.380. The predicted molar refractivity (Wildman–Crippen MR) is 265 cm³/mol. The van der Waals surface area contributed by atoms with E-state index in [1.807, 2.05) is 103 Å². The predicted octanol–water partition coefficient (Wildman–Crippen LogP) is 14.0. The number of carbonyl (C=O) groups excluding carboxylic acids is 3. The molecule has 0 spiro atoms. The molecule has 0 radical (unpaired) electrons. The summed E-state index contributed by atoms with van der Waals surface area (Å²) in [6.07, 6.45) is 3.66. The van der Waals surface area contributed by atoms with Crippen molar-refractivity contribution >= 4 is 120 Å². The summed E-state index contributed by atoms with van der Waals surface area (Å²) in [6, 6.07) is 19.1. The van der Waals surface area contributed by atoms with Crippen molar-refractivity contribution in [2.45, 2.75) is 112 Å². The monoisotopic (exact) mass is 997 g/mol. The molecule has 1 amide bonds. The Morgan fingerprint density at radius 3 is 1.63 bits per heavy atom. The molecule has 6 aromatic rings. The summed E-state index contributed by atoms with van der Waals surface area (Å²) in [6.45, 7) is 22.6. The molecule has 334 valence electrons. The number of ether oxygens (including phenoxy) is 1. The Morgan fingerprint density at radius 2 is 1.17 bits per heavy atom. The first kappa shape index (κ1) is 50.2. The number of anilines is 1. The number of aryl methyl sites for hydroxylation is 3. The molecule has 0 bridgehead atoms. The van der Waals surface area contributed by atoms with Crippen LogP contribution in [-0.2, 0) is 25.8 Å². The van der Waals surface area contributed by atoms with Gasteiger partial charge in [-0.15, -0.1) is 0 Å². The van der Waals surface area contributed by atoms with E-state index in [1.165, 1.54) is 0 Å². The normalized spacial score (nSPS) is 14.2. The number of amides is 1. The van der Waals surface area contributed by atoms with E-state index in [2.05, 4.69) is 27.3 Å². The van der Waals surface area contributed by atoms with Gasteiger partial charge in [0.15, 0.2) is 0 Å². The van der Waals surface area contributed by atoms with Crippen molar-refractivity contribution in [3.8, 4) is 0 Å². The first-order chi connectivity index (χ1) is 29.2. The van der Waals surface area contributed by atoms with E-state index in [-0.39, 0.29) is 30.1 Å². The lowest BCUT2D eigenvalue weighted by Crippen LogP contribution is -2.41. The number of nitrogens with zero attached hydrogens (tertiary/aromatic N) is 2. The van der Waals surface area contributed by atoms with Crippen molar-refractivity contribution in [2.24, 2.45) is 0 Å². The Kier molecular flexibility index (Phi) is 15.7.